The molecule has 1 fully saturated rings. The van der Waals surface area contributed by atoms with Crippen LogP contribution in [0.25, 0.3) is 6.08 Å². The molecule has 0 saturated carbocycles. The summed E-state index contributed by atoms with van der Waals surface area (Å²) >= 11 is 2.98. The van der Waals surface area contributed by atoms with E-state index in [1.165, 1.54) is 0 Å². The van der Waals surface area contributed by atoms with Crippen molar-refractivity contribution in [3.63, 3.8) is 0 Å². The number of imide groups is 1. The lowest BCUT2D eigenvalue weighted by Crippen LogP contribution is -2.32. The molecule has 0 aromatic heterocycles. The number of benzene rings is 2. The van der Waals surface area contributed by atoms with E-state index in [0.29, 0.717) is 0 Å². The Balaban J connectivity index is 1.86. The number of hydrogen-bond donors (Lipinski definition) is 0. The van der Waals surface area contributed by atoms with E-state index >= 15 is 0 Å². The Bertz CT molecular complexity index is 832. The number of rotatable bonds is 3. The lowest BCUT2D eigenvalue weighted by atomic mass is 10.1. The molecule has 0 unspecified atom stereocenters. The van der Waals surface area contributed by atoms with Crippen LogP contribution in [0, 0.1) is 11.6 Å². The van der Waals surface area contributed by atoms with Crippen LogP contribution < -0.4 is 0 Å². The van der Waals surface area contributed by atoms with E-state index in [1.54, 1.807) is 24.3 Å². The first-order valence-corrected chi connectivity index (χ1v) is 8.14. The van der Waals surface area contributed by atoms with Gasteiger partial charge < -0.3 is 4.74 Å². The number of amides is 2. The topological polar surface area (TPSA) is 46.6 Å². The van der Waals surface area contributed by atoms with Gasteiger partial charge in [0.25, 0.3) is 5.91 Å². The van der Waals surface area contributed by atoms with Crippen molar-refractivity contribution < 1.29 is 23.1 Å². The Hall–Kier alpha value is -2.54. The number of cyclic esters (lactones) is 1. The Kier molecular flexibility index (Phi) is 4.94. The normalized spacial score (nSPS) is 17.2. The molecule has 0 spiro atoms. The largest absolute Gasteiger partial charge is 0.446 e. The Morgan fingerprint density at radius 3 is 2.48 bits per heavy atom. The molecule has 7 heteroatoms. The van der Waals surface area contributed by atoms with Gasteiger partial charge in [0.15, 0.2) is 0 Å². The Morgan fingerprint density at radius 1 is 1.20 bits per heavy atom. The lowest BCUT2D eigenvalue weighted by molar-refractivity contribution is -0.124. The molecule has 1 saturated heterocycles. The van der Waals surface area contributed by atoms with Crippen LogP contribution in [0.1, 0.15) is 17.2 Å². The van der Waals surface area contributed by atoms with Gasteiger partial charge in [-0.3, -0.25) is 4.79 Å². The van der Waals surface area contributed by atoms with Crippen LogP contribution >= 0.6 is 15.9 Å². The van der Waals surface area contributed by atoms with Gasteiger partial charge in [0.2, 0.25) is 0 Å². The summed E-state index contributed by atoms with van der Waals surface area (Å²) < 4.78 is 32.8. The van der Waals surface area contributed by atoms with Crippen molar-refractivity contribution in [3.05, 3.63) is 75.8 Å². The maximum absolute atomic E-state index is 13.8. The second kappa shape index (κ2) is 7.14. The summed E-state index contributed by atoms with van der Waals surface area (Å²) in [7, 11) is 0. The average molecular weight is 408 g/mol. The van der Waals surface area contributed by atoms with Crippen LogP contribution in [-0.2, 0) is 9.53 Å². The van der Waals surface area contributed by atoms with Crippen LogP contribution in [-0.4, -0.2) is 23.5 Å². The molecule has 1 atom stereocenters. The van der Waals surface area contributed by atoms with Gasteiger partial charge in [-0.25, -0.2) is 18.5 Å². The minimum Gasteiger partial charge on any atom is -0.446 e. The third-order valence-electron chi connectivity index (χ3n) is 3.73. The highest BCUT2D eigenvalue weighted by atomic mass is 79.9. The molecule has 4 nitrogen and oxygen atoms in total. The van der Waals surface area contributed by atoms with Crippen LogP contribution in [0.3, 0.4) is 0 Å². The molecule has 2 amide bonds. The lowest BCUT2D eigenvalue weighted by Gasteiger charge is -2.18. The maximum atomic E-state index is 13.8. The van der Waals surface area contributed by atoms with Crippen molar-refractivity contribution in [2.24, 2.45) is 0 Å². The van der Waals surface area contributed by atoms with Crippen LogP contribution in [0.15, 0.2) is 53.0 Å². The summed E-state index contributed by atoms with van der Waals surface area (Å²) in [6.07, 6.45) is 1.17. The van der Waals surface area contributed by atoms with Gasteiger partial charge in [-0.05, 0) is 23.8 Å². The first kappa shape index (κ1) is 17.3. The van der Waals surface area contributed by atoms with Gasteiger partial charge in [0.1, 0.15) is 24.3 Å². The van der Waals surface area contributed by atoms with Gasteiger partial charge >= 0.3 is 6.09 Å². The van der Waals surface area contributed by atoms with Crippen LogP contribution in [0.5, 0.6) is 0 Å². The molecular weight excluding hydrogens is 396 g/mol. The monoisotopic (exact) mass is 407 g/mol. The first-order chi connectivity index (χ1) is 12.0. The Labute approximate surface area is 150 Å². The zero-order chi connectivity index (χ0) is 18.0. The number of carbonyl (C=O) groups is 2. The molecule has 1 aliphatic heterocycles. The molecule has 1 heterocycles. The molecule has 1 aliphatic rings. The SMILES string of the molecule is O=C(/C=C/c1c(F)cc(Br)cc1F)N1C(=O)OC[C@@H]1c1ccccc1. The third kappa shape index (κ3) is 3.61. The fraction of sp³-hybridized carbons (Fsp3) is 0.111. The highest BCUT2D eigenvalue weighted by Crippen LogP contribution is 2.28. The summed E-state index contributed by atoms with van der Waals surface area (Å²) in [5.41, 5.74) is 0.372. The van der Waals surface area contributed by atoms with E-state index in [2.05, 4.69) is 15.9 Å². The van der Waals surface area contributed by atoms with Crippen molar-refractivity contribution in [3.8, 4) is 0 Å². The summed E-state index contributed by atoms with van der Waals surface area (Å²) in [5, 5.41) is 0. The number of carbonyl (C=O) groups excluding carboxylic acids is 2. The van der Waals surface area contributed by atoms with E-state index in [-0.39, 0.29) is 16.6 Å². The highest BCUT2D eigenvalue weighted by molar-refractivity contribution is 9.10. The average Bonchev–Trinajstić information content (AvgIpc) is 2.96. The third-order valence-corrected chi connectivity index (χ3v) is 4.19. The van der Waals surface area contributed by atoms with E-state index in [1.807, 2.05) is 6.07 Å². The molecule has 0 bridgehead atoms. The minimum atomic E-state index is -0.820. The summed E-state index contributed by atoms with van der Waals surface area (Å²) in [5.74, 6) is -2.35. The molecule has 2 aromatic rings. The van der Waals surface area contributed by atoms with E-state index < -0.39 is 29.7 Å². The molecule has 2 aromatic carbocycles. The van der Waals surface area contributed by atoms with E-state index in [4.69, 9.17) is 4.74 Å². The molecule has 0 radical (unpaired) electrons. The van der Waals surface area contributed by atoms with Crippen LogP contribution in [0.2, 0.25) is 0 Å². The molecular formula is C18H12BrF2NO3. The maximum Gasteiger partial charge on any atom is 0.417 e. The van der Waals surface area contributed by atoms with Gasteiger partial charge in [-0.15, -0.1) is 0 Å². The Morgan fingerprint density at radius 2 is 1.84 bits per heavy atom. The van der Waals surface area contributed by atoms with Crippen molar-refractivity contribution in [1.29, 1.82) is 0 Å². The van der Waals surface area contributed by atoms with Crippen LogP contribution in [0.4, 0.5) is 13.6 Å². The number of nitrogens with zero attached hydrogens (tertiary/aromatic N) is 1. The molecule has 3 rings (SSSR count). The van der Waals surface area contributed by atoms with Gasteiger partial charge in [-0.1, -0.05) is 46.3 Å². The van der Waals surface area contributed by atoms with Gasteiger partial charge in [-0.2, -0.15) is 0 Å². The van der Waals surface area contributed by atoms with Crippen molar-refractivity contribution in [1.82, 2.24) is 4.90 Å². The summed E-state index contributed by atoms with van der Waals surface area (Å²) in [6, 6.07) is 10.5. The first-order valence-electron chi connectivity index (χ1n) is 7.35. The van der Waals surface area contributed by atoms with Crippen molar-refractivity contribution in [2.75, 3.05) is 6.61 Å². The number of halogens is 3. The second-order valence-corrected chi connectivity index (χ2v) is 6.24. The molecule has 128 valence electrons. The van der Waals surface area contributed by atoms with E-state index in [0.717, 1.165) is 34.7 Å². The van der Waals surface area contributed by atoms with Crippen molar-refractivity contribution in [2.45, 2.75) is 6.04 Å². The zero-order valence-electron chi connectivity index (χ0n) is 12.8. The van der Waals surface area contributed by atoms with Crippen molar-refractivity contribution >= 4 is 34.0 Å². The quantitative estimate of drug-likeness (QED) is 0.705. The predicted molar refractivity (Wildman–Crippen MR) is 90.5 cm³/mol. The minimum absolute atomic E-state index is 0.0312. The number of ether oxygens (including phenoxy) is 1. The molecule has 0 N–H and O–H groups in total. The summed E-state index contributed by atoms with van der Waals surface area (Å²) in [4.78, 5) is 25.2. The fourth-order valence-electron chi connectivity index (χ4n) is 2.53. The highest BCUT2D eigenvalue weighted by Gasteiger charge is 2.37. The molecule has 0 aliphatic carbocycles. The fourth-order valence-corrected chi connectivity index (χ4v) is 2.94. The van der Waals surface area contributed by atoms with Gasteiger partial charge in [0, 0.05) is 16.1 Å². The second-order valence-electron chi connectivity index (χ2n) is 5.33. The summed E-state index contributed by atoms with van der Waals surface area (Å²) in [6.45, 7) is 0.0312. The molecule has 25 heavy (non-hydrogen) atoms. The smallest absolute Gasteiger partial charge is 0.417 e. The standard InChI is InChI=1S/C18H12BrF2NO3/c19-12-8-14(20)13(15(21)9-12)6-7-17(23)22-16(10-25-18(22)24)11-4-2-1-3-5-11/h1-9,16H,10H2/b7-6+/t16-/m1/s1. The zero-order valence-corrected chi connectivity index (χ0v) is 14.4. The van der Waals surface area contributed by atoms with E-state index in [9.17, 15) is 18.4 Å². The predicted octanol–water partition coefficient (Wildman–Crippen LogP) is 4.46. The number of hydrogen-bond acceptors (Lipinski definition) is 3. The van der Waals surface area contributed by atoms with Gasteiger partial charge in [0.05, 0.1) is 0 Å².